The Labute approximate surface area is 223 Å². The Morgan fingerprint density at radius 1 is 0.842 bits per heavy atom. The van der Waals surface area contributed by atoms with Crippen LogP contribution in [0.2, 0.25) is 0 Å². The SMILES string of the molecule is Cc1ccc(-c2ccccc2C(=O)Nc2ccc(C(=O)N3CCC(N(C)C)=Nc4ccccc43)cc2)cc1. The van der Waals surface area contributed by atoms with Crippen molar-refractivity contribution in [2.75, 3.05) is 30.9 Å². The molecule has 1 N–H and O–H groups in total. The molecule has 0 spiro atoms. The topological polar surface area (TPSA) is 65.0 Å². The fourth-order valence-electron chi connectivity index (χ4n) is 4.57. The van der Waals surface area contributed by atoms with E-state index in [1.54, 1.807) is 29.2 Å². The molecule has 2 amide bonds. The number of carbonyl (C=O) groups excluding carboxylic acids is 2. The van der Waals surface area contributed by atoms with Crippen LogP contribution in [0.25, 0.3) is 11.1 Å². The first kappa shape index (κ1) is 25.0. The molecule has 4 aromatic carbocycles. The summed E-state index contributed by atoms with van der Waals surface area (Å²) >= 11 is 0. The number of benzene rings is 4. The van der Waals surface area contributed by atoms with Crippen molar-refractivity contribution in [2.45, 2.75) is 13.3 Å². The maximum atomic E-state index is 13.5. The van der Waals surface area contributed by atoms with E-state index in [1.165, 1.54) is 5.56 Å². The molecule has 1 heterocycles. The van der Waals surface area contributed by atoms with Crippen LogP contribution in [0.4, 0.5) is 17.1 Å². The van der Waals surface area contributed by atoms with Crippen molar-refractivity contribution in [1.29, 1.82) is 0 Å². The summed E-state index contributed by atoms with van der Waals surface area (Å²) in [7, 11) is 3.93. The minimum Gasteiger partial charge on any atom is -0.366 e. The summed E-state index contributed by atoms with van der Waals surface area (Å²) in [6.07, 6.45) is 0.655. The predicted octanol–water partition coefficient (Wildman–Crippen LogP) is 6.56. The third kappa shape index (κ3) is 5.20. The number of hydrogen-bond donors (Lipinski definition) is 1. The lowest BCUT2D eigenvalue weighted by atomic mass is 9.98. The van der Waals surface area contributed by atoms with Gasteiger partial charge in [-0.15, -0.1) is 0 Å². The molecule has 6 heteroatoms. The summed E-state index contributed by atoms with van der Waals surface area (Å²) in [5.74, 6) is 0.627. The Balaban J connectivity index is 1.34. The van der Waals surface area contributed by atoms with Crippen LogP contribution in [0.3, 0.4) is 0 Å². The molecule has 38 heavy (non-hydrogen) atoms. The van der Waals surface area contributed by atoms with Crippen LogP contribution in [0.5, 0.6) is 0 Å². The van der Waals surface area contributed by atoms with Gasteiger partial charge in [-0.25, -0.2) is 4.99 Å². The first-order valence-electron chi connectivity index (χ1n) is 12.6. The van der Waals surface area contributed by atoms with Crippen LogP contribution in [0.1, 0.15) is 32.7 Å². The van der Waals surface area contributed by atoms with Gasteiger partial charge in [-0.1, -0.05) is 60.2 Å². The number of aryl methyl sites for hydroxylation is 1. The van der Waals surface area contributed by atoms with Crippen LogP contribution in [0.15, 0.2) is 102 Å². The summed E-state index contributed by atoms with van der Waals surface area (Å²) < 4.78 is 0. The Kier molecular flexibility index (Phi) is 7.05. The zero-order chi connectivity index (χ0) is 26.6. The van der Waals surface area contributed by atoms with E-state index < -0.39 is 0 Å². The van der Waals surface area contributed by atoms with Gasteiger partial charge in [-0.05, 0) is 60.5 Å². The van der Waals surface area contributed by atoms with Crippen LogP contribution in [-0.4, -0.2) is 43.2 Å². The van der Waals surface area contributed by atoms with E-state index in [2.05, 4.69) is 5.32 Å². The number of nitrogens with one attached hydrogen (secondary N) is 1. The van der Waals surface area contributed by atoms with Crippen LogP contribution in [0, 0.1) is 6.92 Å². The van der Waals surface area contributed by atoms with Gasteiger partial charge in [0.15, 0.2) is 0 Å². The van der Waals surface area contributed by atoms with E-state index in [1.807, 2.05) is 98.7 Å². The number of hydrogen-bond acceptors (Lipinski definition) is 4. The van der Waals surface area contributed by atoms with Crippen molar-refractivity contribution in [3.8, 4) is 11.1 Å². The monoisotopic (exact) mass is 502 g/mol. The highest BCUT2D eigenvalue weighted by Crippen LogP contribution is 2.33. The number of amides is 2. The molecule has 0 aliphatic carbocycles. The summed E-state index contributed by atoms with van der Waals surface area (Å²) in [5.41, 5.74) is 6.36. The minimum absolute atomic E-state index is 0.102. The van der Waals surface area contributed by atoms with E-state index in [-0.39, 0.29) is 11.8 Å². The Morgan fingerprint density at radius 2 is 1.53 bits per heavy atom. The van der Waals surface area contributed by atoms with Gasteiger partial charge in [0.05, 0.1) is 11.4 Å². The maximum absolute atomic E-state index is 13.5. The molecular weight excluding hydrogens is 472 g/mol. The lowest BCUT2D eigenvalue weighted by molar-refractivity contribution is 0.0986. The highest BCUT2D eigenvalue weighted by Gasteiger charge is 2.24. The normalized spacial score (nSPS) is 12.7. The van der Waals surface area contributed by atoms with Gasteiger partial charge in [0.2, 0.25) is 0 Å². The number of para-hydroxylation sites is 2. The summed E-state index contributed by atoms with van der Waals surface area (Å²) in [5, 5.41) is 2.98. The average molecular weight is 503 g/mol. The van der Waals surface area contributed by atoms with Crippen molar-refractivity contribution in [3.63, 3.8) is 0 Å². The lowest BCUT2D eigenvalue weighted by Gasteiger charge is -2.23. The van der Waals surface area contributed by atoms with Crippen LogP contribution < -0.4 is 10.2 Å². The third-order valence-corrected chi connectivity index (χ3v) is 6.67. The van der Waals surface area contributed by atoms with Gasteiger partial charge < -0.3 is 15.1 Å². The van der Waals surface area contributed by atoms with Gasteiger partial charge in [-0.2, -0.15) is 0 Å². The summed E-state index contributed by atoms with van der Waals surface area (Å²) in [6.45, 7) is 2.57. The van der Waals surface area contributed by atoms with Gasteiger partial charge in [-0.3, -0.25) is 9.59 Å². The minimum atomic E-state index is -0.199. The molecule has 0 atom stereocenters. The van der Waals surface area contributed by atoms with E-state index in [0.29, 0.717) is 29.8 Å². The zero-order valence-corrected chi connectivity index (χ0v) is 21.8. The number of fused-ring (bicyclic) bond motifs is 1. The molecule has 0 saturated heterocycles. The van der Waals surface area contributed by atoms with Crippen molar-refractivity contribution >= 4 is 34.7 Å². The number of carbonyl (C=O) groups is 2. The summed E-state index contributed by atoms with van der Waals surface area (Å²) in [6, 6.07) is 30.4. The van der Waals surface area contributed by atoms with Crippen molar-refractivity contribution < 1.29 is 9.59 Å². The number of anilines is 2. The molecular formula is C32H30N4O2. The lowest BCUT2D eigenvalue weighted by Crippen LogP contribution is -2.33. The predicted molar refractivity (Wildman–Crippen MR) is 155 cm³/mol. The molecule has 5 rings (SSSR count). The molecule has 0 radical (unpaired) electrons. The third-order valence-electron chi connectivity index (χ3n) is 6.67. The standard InChI is InChI=1S/C32H30N4O2/c1-22-12-14-23(15-13-22)26-8-4-5-9-27(26)31(37)33-25-18-16-24(17-19-25)32(38)36-21-20-30(35(2)3)34-28-10-6-7-11-29(28)36/h4-19H,20-21H2,1-3H3,(H,33,37). The molecule has 0 unspecified atom stereocenters. The zero-order valence-electron chi connectivity index (χ0n) is 21.8. The van der Waals surface area contributed by atoms with Crippen LogP contribution >= 0.6 is 0 Å². The number of rotatable bonds is 4. The molecule has 0 bridgehead atoms. The van der Waals surface area contributed by atoms with Crippen molar-refractivity contribution in [2.24, 2.45) is 4.99 Å². The summed E-state index contributed by atoms with van der Waals surface area (Å²) in [4.78, 5) is 35.3. The largest absolute Gasteiger partial charge is 0.366 e. The van der Waals surface area contributed by atoms with E-state index in [0.717, 1.165) is 28.3 Å². The molecule has 0 fully saturated rings. The number of nitrogens with zero attached hydrogens (tertiary/aromatic N) is 3. The van der Waals surface area contributed by atoms with E-state index in [9.17, 15) is 9.59 Å². The molecule has 4 aromatic rings. The van der Waals surface area contributed by atoms with E-state index in [4.69, 9.17) is 4.99 Å². The smallest absolute Gasteiger partial charge is 0.258 e. The first-order valence-corrected chi connectivity index (χ1v) is 12.6. The van der Waals surface area contributed by atoms with Crippen molar-refractivity contribution in [1.82, 2.24) is 4.90 Å². The number of aliphatic imine (C=N–C) groups is 1. The van der Waals surface area contributed by atoms with Gasteiger partial charge in [0, 0.05) is 43.9 Å². The Morgan fingerprint density at radius 3 is 2.26 bits per heavy atom. The second-order valence-corrected chi connectivity index (χ2v) is 9.56. The Bertz CT molecular complexity index is 1510. The quantitative estimate of drug-likeness (QED) is 0.344. The highest BCUT2D eigenvalue weighted by atomic mass is 16.2. The van der Waals surface area contributed by atoms with Crippen LogP contribution in [-0.2, 0) is 0 Å². The fourth-order valence-corrected chi connectivity index (χ4v) is 4.57. The molecule has 0 saturated carbocycles. The maximum Gasteiger partial charge on any atom is 0.258 e. The molecule has 190 valence electrons. The molecule has 6 nitrogen and oxygen atoms in total. The first-order chi connectivity index (χ1) is 18.4. The van der Waals surface area contributed by atoms with Gasteiger partial charge >= 0.3 is 0 Å². The highest BCUT2D eigenvalue weighted by molar-refractivity contribution is 6.10. The van der Waals surface area contributed by atoms with Gasteiger partial charge in [0.1, 0.15) is 5.84 Å². The van der Waals surface area contributed by atoms with Crippen molar-refractivity contribution in [3.05, 3.63) is 114 Å². The second kappa shape index (κ2) is 10.7. The van der Waals surface area contributed by atoms with Gasteiger partial charge in [0.25, 0.3) is 11.8 Å². The second-order valence-electron chi connectivity index (χ2n) is 9.56. The average Bonchev–Trinajstić information content (AvgIpc) is 3.14. The molecule has 1 aliphatic rings. The van der Waals surface area contributed by atoms with E-state index >= 15 is 0 Å². The Hall–Kier alpha value is -4.71. The molecule has 1 aliphatic heterocycles. The fraction of sp³-hybridized carbons (Fsp3) is 0.156. The molecule has 0 aromatic heterocycles. The number of amidine groups is 1.